The molecule has 5 heteroatoms. The predicted octanol–water partition coefficient (Wildman–Crippen LogP) is 0.717. The molecule has 74 valence electrons. The lowest BCUT2D eigenvalue weighted by molar-refractivity contribution is 0.885. The highest BCUT2D eigenvalue weighted by Gasteiger charge is 2.01. The van der Waals surface area contributed by atoms with Crippen molar-refractivity contribution in [1.82, 2.24) is 4.98 Å². The third-order valence-corrected chi connectivity index (χ3v) is 1.83. The molecule has 0 fully saturated rings. The van der Waals surface area contributed by atoms with Gasteiger partial charge in [0.2, 0.25) is 0 Å². The first kappa shape index (κ1) is 10.3. The van der Waals surface area contributed by atoms with Gasteiger partial charge in [-0.1, -0.05) is 6.07 Å². The van der Waals surface area contributed by atoms with Crippen molar-refractivity contribution >= 4 is 11.6 Å². The summed E-state index contributed by atoms with van der Waals surface area (Å²) in [5.74, 6) is 6.65. The van der Waals surface area contributed by atoms with E-state index >= 15 is 0 Å². The number of nitrogens with two attached hydrogens (primary N) is 1. The molecule has 0 unspecified atom stereocenters. The summed E-state index contributed by atoms with van der Waals surface area (Å²) in [6, 6.07) is 7.60. The van der Waals surface area contributed by atoms with Gasteiger partial charge in [-0.25, -0.2) is 10.8 Å². The number of nitrogens with one attached hydrogen (secondary N) is 1. The summed E-state index contributed by atoms with van der Waals surface area (Å²) < 4.78 is 0. The van der Waals surface area contributed by atoms with Gasteiger partial charge in [0.05, 0.1) is 12.5 Å². The van der Waals surface area contributed by atoms with Crippen molar-refractivity contribution in [2.45, 2.75) is 6.42 Å². The number of nitriles is 1. The van der Waals surface area contributed by atoms with Gasteiger partial charge in [-0.2, -0.15) is 5.26 Å². The number of hydrazine groups is 1. The van der Waals surface area contributed by atoms with Crippen molar-refractivity contribution in [3.8, 4) is 6.07 Å². The number of aromatic nitrogens is 1. The van der Waals surface area contributed by atoms with E-state index in [1.54, 1.807) is 6.07 Å². The van der Waals surface area contributed by atoms with Crippen molar-refractivity contribution in [3.63, 3.8) is 0 Å². The monoisotopic (exact) mass is 191 g/mol. The number of hydrogen-bond acceptors (Lipinski definition) is 5. The van der Waals surface area contributed by atoms with E-state index in [2.05, 4.69) is 16.5 Å². The number of rotatable bonds is 4. The highest BCUT2D eigenvalue weighted by Crippen LogP contribution is 2.11. The molecule has 0 aliphatic carbocycles. The second kappa shape index (κ2) is 5.04. The van der Waals surface area contributed by atoms with Crippen LogP contribution in [-0.2, 0) is 0 Å². The van der Waals surface area contributed by atoms with Crippen LogP contribution in [0.1, 0.15) is 6.42 Å². The van der Waals surface area contributed by atoms with E-state index in [9.17, 15) is 0 Å². The van der Waals surface area contributed by atoms with Gasteiger partial charge in [-0.3, -0.25) is 0 Å². The fourth-order valence-corrected chi connectivity index (χ4v) is 1.05. The number of nitrogens with zero attached hydrogens (tertiary/aromatic N) is 3. The average molecular weight is 191 g/mol. The molecule has 1 rings (SSSR count). The number of hydrogen-bond donors (Lipinski definition) is 2. The van der Waals surface area contributed by atoms with E-state index in [0.29, 0.717) is 18.8 Å². The Morgan fingerprint density at radius 2 is 2.43 bits per heavy atom. The first-order valence-corrected chi connectivity index (χ1v) is 4.29. The number of pyridine rings is 1. The molecule has 0 aliphatic rings. The molecule has 0 atom stereocenters. The van der Waals surface area contributed by atoms with Gasteiger partial charge < -0.3 is 10.3 Å². The zero-order chi connectivity index (χ0) is 10.4. The topological polar surface area (TPSA) is 78.0 Å². The second-order valence-electron chi connectivity index (χ2n) is 2.86. The quantitative estimate of drug-likeness (QED) is 0.541. The van der Waals surface area contributed by atoms with Crippen LogP contribution in [-0.4, -0.2) is 18.6 Å². The Morgan fingerprint density at radius 1 is 1.64 bits per heavy atom. The molecule has 14 heavy (non-hydrogen) atoms. The summed E-state index contributed by atoms with van der Waals surface area (Å²) in [5, 5.41) is 8.43. The van der Waals surface area contributed by atoms with Gasteiger partial charge in [0.15, 0.2) is 0 Å². The van der Waals surface area contributed by atoms with Gasteiger partial charge in [-0.05, 0) is 12.1 Å². The molecule has 5 nitrogen and oxygen atoms in total. The molecule has 3 N–H and O–H groups in total. The lowest BCUT2D eigenvalue weighted by Crippen LogP contribution is -2.20. The first-order chi connectivity index (χ1) is 6.77. The predicted molar refractivity (Wildman–Crippen MR) is 55.5 cm³/mol. The highest BCUT2D eigenvalue weighted by atomic mass is 15.3. The van der Waals surface area contributed by atoms with Crippen LogP contribution in [0.5, 0.6) is 0 Å². The normalized spacial score (nSPS) is 9.21. The third kappa shape index (κ3) is 2.61. The van der Waals surface area contributed by atoms with Crippen molar-refractivity contribution < 1.29 is 0 Å². The Hall–Kier alpha value is -1.80. The van der Waals surface area contributed by atoms with Crippen LogP contribution in [0.15, 0.2) is 18.2 Å². The van der Waals surface area contributed by atoms with Crippen LogP contribution in [0.3, 0.4) is 0 Å². The number of nitrogen functional groups attached to an aromatic ring is 1. The van der Waals surface area contributed by atoms with E-state index < -0.39 is 0 Å². The Morgan fingerprint density at radius 3 is 3.07 bits per heavy atom. The average Bonchev–Trinajstić information content (AvgIpc) is 2.26. The largest absolute Gasteiger partial charge is 0.359 e. The van der Waals surface area contributed by atoms with Gasteiger partial charge >= 0.3 is 0 Å². The van der Waals surface area contributed by atoms with E-state index in [4.69, 9.17) is 11.1 Å². The lowest BCUT2D eigenvalue weighted by Gasteiger charge is -2.16. The van der Waals surface area contributed by atoms with Crippen molar-refractivity contribution in [2.24, 2.45) is 5.84 Å². The van der Waals surface area contributed by atoms with Crippen molar-refractivity contribution in [2.75, 3.05) is 23.9 Å². The minimum Gasteiger partial charge on any atom is -0.359 e. The van der Waals surface area contributed by atoms with Crippen molar-refractivity contribution in [3.05, 3.63) is 18.2 Å². The lowest BCUT2D eigenvalue weighted by atomic mass is 10.4. The van der Waals surface area contributed by atoms with Crippen LogP contribution in [0.2, 0.25) is 0 Å². The maximum Gasteiger partial charge on any atom is 0.142 e. The zero-order valence-electron chi connectivity index (χ0n) is 8.07. The molecule has 0 aromatic carbocycles. The molecule has 0 aliphatic heterocycles. The smallest absolute Gasteiger partial charge is 0.142 e. The molecule has 0 spiro atoms. The van der Waals surface area contributed by atoms with Crippen LogP contribution in [0, 0.1) is 11.3 Å². The van der Waals surface area contributed by atoms with Crippen LogP contribution in [0.4, 0.5) is 11.6 Å². The van der Waals surface area contributed by atoms with Gasteiger partial charge in [0, 0.05) is 13.6 Å². The number of anilines is 2. The maximum absolute atomic E-state index is 8.43. The third-order valence-electron chi connectivity index (χ3n) is 1.83. The Bertz CT molecular complexity index is 330. The Labute approximate surface area is 83.1 Å². The molecule has 1 aromatic rings. The fourth-order valence-electron chi connectivity index (χ4n) is 1.05. The summed E-state index contributed by atoms with van der Waals surface area (Å²) in [7, 11) is 1.89. The molecule has 0 saturated heterocycles. The zero-order valence-corrected chi connectivity index (χ0v) is 8.07. The molecular formula is C9H13N5. The highest BCUT2D eigenvalue weighted by molar-refractivity contribution is 5.45. The van der Waals surface area contributed by atoms with E-state index in [-0.39, 0.29) is 0 Å². The first-order valence-electron chi connectivity index (χ1n) is 4.29. The summed E-state index contributed by atoms with van der Waals surface area (Å²) >= 11 is 0. The molecule has 1 aromatic heterocycles. The minimum atomic E-state index is 0.485. The Balaban J connectivity index is 2.70. The van der Waals surface area contributed by atoms with E-state index in [1.807, 2.05) is 24.1 Å². The van der Waals surface area contributed by atoms with Gasteiger partial charge in [-0.15, -0.1) is 0 Å². The second-order valence-corrected chi connectivity index (χ2v) is 2.86. The van der Waals surface area contributed by atoms with Gasteiger partial charge in [0.25, 0.3) is 0 Å². The van der Waals surface area contributed by atoms with Crippen LogP contribution >= 0.6 is 0 Å². The van der Waals surface area contributed by atoms with Crippen LogP contribution < -0.4 is 16.2 Å². The van der Waals surface area contributed by atoms with Gasteiger partial charge in [0.1, 0.15) is 11.6 Å². The molecule has 1 heterocycles. The summed E-state index contributed by atoms with van der Waals surface area (Å²) in [4.78, 5) is 6.13. The van der Waals surface area contributed by atoms with E-state index in [1.165, 1.54) is 0 Å². The maximum atomic E-state index is 8.43. The fraction of sp³-hybridized carbons (Fsp3) is 0.333. The van der Waals surface area contributed by atoms with E-state index in [0.717, 1.165) is 5.82 Å². The summed E-state index contributed by atoms with van der Waals surface area (Å²) in [5.41, 5.74) is 2.48. The summed E-state index contributed by atoms with van der Waals surface area (Å²) in [6.07, 6.45) is 0.485. The Kier molecular flexibility index (Phi) is 3.70. The molecule has 0 amide bonds. The molecule has 0 radical (unpaired) electrons. The molecule has 0 bridgehead atoms. The SMILES string of the molecule is CN(CCC#N)c1cccc(NN)n1. The summed E-state index contributed by atoms with van der Waals surface area (Å²) in [6.45, 7) is 0.664. The van der Waals surface area contributed by atoms with Crippen LogP contribution in [0.25, 0.3) is 0 Å². The molecular weight excluding hydrogens is 178 g/mol. The minimum absolute atomic E-state index is 0.485. The molecule has 0 saturated carbocycles. The van der Waals surface area contributed by atoms with Crippen molar-refractivity contribution in [1.29, 1.82) is 5.26 Å². The standard InChI is InChI=1S/C9H13N5/c1-14(7-3-6-10)9-5-2-4-8(12-9)13-11/h2,4-5H,3,7,11H2,1H3,(H,12,13).